The molecule has 2 rings (SSSR count). The molecule has 0 fully saturated rings. The van der Waals surface area contributed by atoms with Crippen molar-refractivity contribution in [3.8, 4) is 0 Å². The normalized spacial score (nSPS) is 19.0. The number of carbonyl (C=O) groups is 1. The van der Waals surface area contributed by atoms with Crippen molar-refractivity contribution in [1.82, 2.24) is 4.90 Å². The number of hydrogen-bond acceptors (Lipinski definition) is 3. The number of amides is 1. The van der Waals surface area contributed by atoms with Crippen LogP contribution < -0.4 is 0 Å². The number of ether oxygens (including phenoxy) is 1. The summed E-state index contributed by atoms with van der Waals surface area (Å²) in [6.45, 7) is 0.965. The highest BCUT2D eigenvalue weighted by Gasteiger charge is 2.31. The van der Waals surface area contributed by atoms with Gasteiger partial charge >= 0.3 is 0 Å². The molecular formula is C14H18ClNO2S. The number of alkyl halides is 1. The van der Waals surface area contributed by atoms with Gasteiger partial charge in [-0.3, -0.25) is 4.79 Å². The number of benzene rings is 1. The highest BCUT2D eigenvalue weighted by molar-refractivity contribution is 7.99. The number of rotatable bonds is 5. The average molecular weight is 300 g/mol. The van der Waals surface area contributed by atoms with Gasteiger partial charge in [0.05, 0.1) is 17.9 Å². The van der Waals surface area contributed by atoms with Crippen LogP contribution in [0.4, 0.5) is 0 Å². The summed E-state index contributed by atoms with van der Waals surface area (Å²) in [5, 5.41) is -0.164. The molecule has 0 radical (unpaired) electrons. The first-order valence-corrected chi connectivity index (χ1v) is 7.65. The maximum Gasteiger partial charge on any atom is 0.230 e. The topological polar surface area (TPSA) is 29.5 Å². The van der Waals surface area contributed by atoms with Crippen LogP contribution in [0, 0.1) is 0 Å². The zero-order valence-corrected chi connectivity index (χ0v) is 12.7. The van der Waals surface area contributed by atoms with E-state index in [0.29, 0.717) is 13.2 Å². The number of halogens is 1. The zero-order chi connectivity index (χ0) is 13.8. The van der Waals surface area contributed by atoms with Gasteiger partial charge in [0.2, 0.25) is 5.91 Å². The molecule has 1 amide bonds. The molecule has 1 aromatic rings. The van der Waals surface area contributed by atoms with Crippen molar-refractivity contribution < 1.29 is 9.53 Å². The van der Waals surface area contributed by atoms with Gasteiger partial charge in [-0.25, -0.2) is 0 Å². The predicted octanol–water partition coefficient (Wildman–Crippen LogP) is 2.59. The molecule has 0 spiro atoms. The van der Waals surface area contributed by atoms with Crippen molar-refractivity contribution in [2.75, 3.05) is 33.1 Å². The van der Waals surface area contributed by atoms with Gasteiger partial charge in [0, 0.05) is 31.4 Å². The van der Waals surface area contributed by atoms with Crippen molar-refractivity contribution in [3.05, 3.63) is 29.8 Å². The molecule has 1 aromatic carbocycles. The molecule has 3 nitrogen and oxygen atoms in total. The average Bonchev–Trinajstić information content (AvgIpc) is 2.81. The minimum atomic E-state index is -0.164. The Bertz CT molecular complexity index is 455. The standard InChI is InChI=1S/C14H18ClNO2S/c1-16(7-10(15)8-18-2)14(17)12-9-19-13-6-4-3-5-11(12)13/h3-6,10,12H,7-9H2,1-2H3. The summed E-state index contributed by atoms with van der Waals surface area (Å²) in [6.07, 6.45) is 0. The van der Waals surface area contributed by atoms with Crippen molar-refractivity contribution in [1.29, 1.82) is 0 Å². The highest BCUT2D eigenvalue weighted by Crippen LogP contribution is 2.40. The summed E-state index contributed by atoms with van der Waals surface area (Å²) in [5.41, 5.74) is 1.14. The highest BCUT2D eigenvalue weighted by atomic mass is 35.5. The van der Waals surface area contributed by atoms with Gasteiger partial charge in [0.25, 0.3) is 0 Å². The molecule has 0 saturated heterocycles. The van der Waals surface area contributed by atoms with E-state index in [1.54, 1.807) is 30.8 Å². The molecule has 1 aliphatic rings. The van der Waals surface area contributed by atoms with Crippen molar-refractivity contribution >= 4 is 29.3 Å². The number of hydrogen-bond donors (Lipinski definition) is 0. The largest absolute Gasteiger partial charge is 0.383 e. The maximum atomic E-state index is 12.5. The van der Waals surface area contributed by atoms with Crippen molar-refractivity contribution in [2.24, 2.45) is 0 Å². The van der Waals surface area contributed by atoms with E-state index in [4.69, 9.17) is 16.3 Å². The van der Waals surface area contributed by atoms with Crippen LogP contribution in [0.2, 0.25) is 0 Å². The van der Waals surface area contributed by atoms with Gasteiger partial charge in [-0.15, -0.1) is 23.4 Å². The second kappa shape index (κ2) is 6.64. The quantitative estimate of drug-likeness (QED) is 0.783. The van der Waals surface area contributed by atoms with Crippen molar-refractivity contribution in [3.63, 3.8) is 0 Å². The van der Waals surface area contributed by atoms with E-state index in [9.17, 15) is 4.79 Å². The van der Waals surface area contributed by atoms with Gasteiger partial charge in [0.15, 0.2) is 0 Å². The summed E-state index contributed by atoms with van der Waals surface area (Å²) in [6, 6.07) is 8.11. The van der Waals surface area contributed by atoms with Crippen LogP contribution in [0.1, 0.15) is 11.5 Å². The fourth-order valence-corrected chi connectivity index (χ4v) is 3.81. The maximum absolute atomic E-state index is 12.5. The molecule has 5 heteroatoms. The minimum absolute atomic E-state index is 0.0439. The molecule has 0 bridgehead atoms. The molecule has 1 aliphatic heterocycles. The number of likely N-dealkylation sites (N-methyl/N-ethyl adjacent to an activating group) is 1. The molecule has 0 N–H and O–H groups in total. The first kappa shape index (κ1) is 14.7. The van der Waals surface area contributed by atoms with E-state index in [2.05, 4.69) is 6.07 Å². The van der Waals surface area contributed by atoms with Gasteiger partial charge in [-0.1, -0.05) is 18.2 Å². The van der Waals surface area contributed by atoms with Gasteiger partial charge in [-0.2, -0.15) is 0 Å². The van der Waals surface area contributed by atoms with Crippen LogP contribution in [0.5, 0.6) is 0 Å². The summed E-state index contributed by atoms with van der Waals surface area (Å²) in [7, 11) is 3.42. The molecule has 0 aliphatic carbocycles. The van der Waals surface area contributed by atoms with Crippen LogP contribution in [0.15, 0.2) is 29.2 Å². The van der Waals surface area contributed by atoms with Crippen LogP contribution in [-0.4, -0.2) is 49.2 Å². The molecule has 0 saturated carbocycles. The smallest absolute Gasteiger partial charge is 0.230 e. The first-order chi connectivity index (χ1) is 9.13. The molecule has 1 heterocycles. The van der Waals surface area contributed by atoms with Crippen LogP contribution in [0.25, 0.3) is 0 Å². The lowest BCUT2D eigenvalue weighted by molar-refractivity contribution is -0.131. The Morgan fingerprint density at radius 3 is 3.05 bits per heavy atom. The Morgan fingerprint density at radius 2 is 2.32 bits per heavy atom. The van der Waals surface area contributed by atoms with E-state index in [1.807, 2.05) is 18.2 Å². The number of nitrogens with zero attached hydrogens (tertiary/aromatic N) is 1. The fourth-order valence-electron chi connectivity index (χ4n) is 2.25. The zero-order valence-electron chi connectivity index (χ0n) is 11.1. The second-order valence-electron chi connectivity index (χ2n) is 4.67. The lowest BCUT2D eigenvalue weighted by atomic mass is 10.00. The molecule has 19 heavy (non-hydrogen) atoms. The van der Waals surface area contributed by atoms with Crippen LogP contribution >= 0.6 is 23.4 Å². The number of fused-ring (bicyclic) bond motifs is 1. The Balaban J connectivity index is 2.01. The van der Waals surface area contributed by atoms with Gasteiger partial charge < -0.3 is 9.64 Å². The SMILES string of the molecule is COCC(Cl)CN(C)C(=O)C1CSc2ccccc21. The second-order valence-corrected chi connectivity index (χ2v) is 6.35. The monoisotopic (exact) mass is 299 g/mol. The van der Waals surface area contributed by atoms with E-state index >= 15 is 0 Å². The predicted molar refractivity (Wildman–Crippen MR) is 79.1 cm³/mol. The summed E-state index contributed by atoms with van der Waals surface area (Å²) in [5.74, 6) is 0.913. The lowest BCUT2D eigenvalue weighted by Gasteiger charge is -2.23. The van der Waals surface area contributed by atoms with Crippen LogP contribution in [0.3, 0.4) is 0 Å². The number of methoxy groups -OCH3 is 1. The van der Waals surface area contributed by atoms with E-state index < -0.39 is 0 Å². The van der Waals surface area contributed by atoms with E-state index in [1.165, 1.54) is 4.90 Å². The van der Waals surface area contributed by atoms with Gasteiger partial charge in [-0.05, 0) is 11.6 Å². The molecular weight excluding hydrogens is 282 g/mol. The summed E-state index contributed by atoms with van der Waals surface area (Å²) < 4.78 is 4.99. The third-order valence-corrected chi connectivity index (χ3v) is 4.64. The first-order valence-electron chi connectivity index (χ1n) is 6.23. The molecule has 0 aromatic heterocycles. The lowest BCUT2D eigenvalue weighted by Crippen LogP contribution is -2.37. The third kappa shape index (κ3) is 3.44. The Morgan fingerprint density at radius 1 is 1.58 bits per heavy atom. The Hall–Kier alpha value is -0.710. The molecule has 2 atom stereocenters. The number of carbonyl (C=O) groups excluding carboxylic acids is 1. The summed E-state index contributed by atoms with van der Waals surface area (Å²) >= 11 is 7.85. The number of thioether (sulfide) groups is 1. The minimum Gasteiger partial charge on any atom is -0.383 e. The van der Waals surface area contributed by atoms with E-state index in [0.717, 1.165) is 11.3 Å². The summed E-state index contributed by atoms with van der Waals surface area (Å²) in [4.78, 5) is 15.4. The van der Waals surface area contributed by atoms with Crippen LogP contribution in [-0.2, 0) is 9.53 Å². The third-order valence-electron chi connectivity index (χ3n) is 3.19. The molecule has 2 unspecified atom stereocenters. The van der Waals surface area contributed by atoms with Gasteiger partial charge in [0.1, 0.15) is 0 Å². The molecule has 104 valence electrons. The Kier molecular flexibility index (Phi) is 5.13. The van der Waals surface area contributed by atoms with Crippen molar-refractivity contribution in [2.45, 2.75) is 16.2 Å². The fraction of sp³-hybridized carbons (Fsp3) is 0.500. The Labute approximate surface area is 123 Å². The van der Waals surface area contributed by atoms with E-state index in [-0.39, 0.29) is 17.2 Å².